The van der Waals surface area contributed by atoms with Gasteiger partial charge in [-0.3, -0.25) is 14.4 Å². The molecule has 352 valence electrons. The van der Waals surface area contributed by atoms with E-state index in [-0.39, 0.29) is 47.7 Å². The van der Waals surface area contributed by atoms with Crippen LogP contribution in [0.1, 0.15) is 121 Å². The molecular weight excluding hydrogens is 805 g/mol. The fraction of sp³-hybridized carbons (Fsp3) is 0.851. The van der Waals surface area contributed by atoms with Crippen LogP contribution in [0.4, 0.5) is 0 Å². The van der Waals surface area contributed by atoms with Crippen LogP contribution in [0.5, 0.6) is 0 Å². The minimum absolute atomic E-state index is 0.0225. The van der Waals surface area contributed by atoms with Crippen LogP contribution in [-0.2, 0) is 47.5 Å². The monoisotopic (exact) mass is 879 g/mol. The molecule has 62 heavy (non-hydrogen) atoms. The summed E-state index contributed by atoms with van der Waals surface area (Å²) in [6, 6.07) is 0. The lowest BCUT2D eigenvalue weighted by atomic mass is 9.38. The molecule has 0 spiro atoms. The molecule has 0 aromatic heterocycles. The highest BCUT2D eigenvalue weighted by atomic mass is 16.7. The van der Waals surface area contributed by atoms with E-state index >= 15 is 0 Å². The van der Waals surface area contributed by atoms with Crippen LogP contribution < -0.4 is 0 Å². The molecule has 4 aliphatic carbocycles. The number of hydrogen-bond acceptors (Lipinski definition) is 15. The van der Waals surface area contributed by atoms with Crippen molar-refractivity contribution in [2.45, 2.75) is 195 Å². The summed E-state index contributed by atoms with van der Waals surface area (Å²) < 4.78 is 41.3. The molecule has 0 aromatic rings. The number of aliphatic hydroxyl groups excluding tert-OH is 5. The fourth-order valence-corrected chi connectivity index (χ4v) is 13.2. The molecule has 5 fully saturated rings. The molecule has 19 atom stereocenters. The van der Waals surface area contributed by atoms with Crippen LogP contribution in [-0.4, -0.2) is 130 Å². The topological polar surface area (TPSA) is 217 Å². The molecule has 0 aromatic carbocycles. The summed E-state index contributed by atoms with van der Waals surface area (Å²) in [6.07, 6.45) is -3.79. The van der Waals surface area contributed by atoms with Crippen molar-refractivity contribution in [1.29, 1.82) is 0 Å². The lowest BCUT2D eigenvalue weighted by Gasteiger charge is -2.67. The maximum atomic E-state index is 12.6. The largest absolute Gasteiger partial charge is 0.463 e. The van der Waals surface area contributed by atoms with Crippen molar-refractivity contribution in [1.82, 2.24) is 0 Å². The van der Waals surface area contributed by atoms with E-state index in [9.17, 15) is 39.9 Å². The maximum Gasteiger partial charge on any atom is 0.303 e. The lowest BCUT2D eigenvalue weighted by molar-refractivity contribution is -0.316. The summed E-state index contributed by atoms with van der Waals surface area (Å²) in [5.74, 6) is -1.73. The highest BCUT2D eigenvalue weighted by molar-refractivity contribution is 5.67. The number of carbonyl (C=O) groups excluding carboxylic acids is 3. The van der Waals surface area contributed by atoms with Gasteiger partial charge in [-0.2, -0.15) is 0 Å². The van der Waals surface area contributed by atoms with Crippen molar-refractivity contribution >= 4 is 17.9 Å². The predicted octanol–water partition coefficient (Wildman–Crippen LogP) is 4.28. The maximum absolute atomic E-state index is 12.6. The number of hydrogen-bond donors (Lipinski definition) is 5. The molecule has 2 unspecified atom stereocenters. The second-order valence-corrected chi connectivity index (χ2v) is 20.9. The first kappa shape index (κ1) is 49.0. The minimum atomic E-state index is -1.59. The Morgan fingerprint density at radius 3 is 2.11 bits per heavy atom. The first-order valence-corrected chi connectivity index (χ1v) is 22.7. The second-order valence-electron chi connectivity index (χ2n) is 20.9. The fourth-order valence-electron chi connectivity index (χ4n) is 13.2. The standard InChI is InChI=1S/C47H74O15/c1-23(2)13-12-14-24(3)35-31(60-43-38(54)37(53)36(52)32(61-43)21-56-25(4)48)20-47(11)41-30(51)19-29-28(45(41,9)17-18-46(35,47)10)15-16-34(44(29,7)8)62-42-39(55)40(59-27(6)50)33(22-57-42)58-26(5)49/h13,19,24,28,30-43,51-55H,12,14-18,20-22H2,1-11H3/t24?,28-,30-,31+,32-,33+,34+,35+,36+,37-,38-,39?,40-,41-,42-,43+,45+,46-,47+/m0/s1. The highest BCUT2D eigenvalue weighted by Crippen LogP contribution is 2.75. The molecule has 0 bridgehead atoms. The number of fused-ring (bicyclic) bond motifs is 5. The van der Waals surface area contributed by atoms with Crippen LogP contribution in [0.15, 0.2) is 23.3 Å². The molecule has 2 saturated heterocycles. The van der Waals surface area contributed by atoms with Crippen LogP contribution in [0.25, 0.3) is 0 Å². The van der Waals surface area contributed by atoms with E-state index in [1.165, 1.54) is 26.3 Å². The third kappa shape index (κ3) is 8.92. The first-order chi connectivity index (χ1) is 28.9. The zero-order chi connectivity index (χ0) is 45.9. The zero-order valence-electron chi connectivity index (χ0n) is 38.6. The Balaban J connectivity index is 1.29. The quantitative estimate of drug-likeness (QED) is 0.105. The van der Waals surface area contributed by atoms with Crippen molar-refractivity contribution in [3.63, 3.8) is 0 Å². The Bertz CT molecular complexity index is 1710. The van der Waals surface area contributed by atoms with Crippen molar-refractivity contribution in [2.75, 3.05) is 13.2 Å². The van der Waals surface area contributed by atoms with Crippen molar-refractivity contribution in [3.8, 4) is 0 Å². The van der Waals surface area contributed by atoms with Gasteiger partial charge in [0.05, 0.1) is 24.9 Å². The molecule has 15 heteroatoms. The average molecular weight is 879 g/mol. The zero-order valence-corrected chi connectivity index (χ0v) is 38.6. The van der Waals surface area contributed by atoms with E-state index in [4.69, 9.17) is 33.2 Å². The molecule has 6 aliphatic rings. The summed E-state index contributed by atoms with van der Waals surface area (Å²) in [6.45, 7) is 20.8. The molecule has 6 rings (SSSR count). The summed E-state index contributed by atoms with van der Waals surface area (Å²) in [5, 5.41) is 57.0. The Hall–Kier alpha value is -2.47. The van der Waals surface area contributed by atoms with Crippen LogP contribution >= 0.6 is 0 Å². The summed E-state index contributed by atoms with van der Waals surface area (Å²) in [7, 11) is 0. The van der Waals surface area contributed by atoms with Crippen LogP contribution in [0.2, 0.25) is 0 Å². The van der Waals surface area contributed by atoms with Gasteiger partial charge in [0.25, 0.3) is 0 Å². The van der Waals surface area contributed by atoms with Gasteiger partial charge in [0.2, 0.25) is 0 Å². The van der Waals surface area contributed by atoms with Crippen LogP contribution in [0, 0.1) is 45.3 Å². The van der Waals surface area contributed by atoms with Gasteiger partial charge < -0.3 is 58.7 Å². The van der Waals surface area contributed by atoms with Gasteiger partial charge in [0.1, 0.15) is 37.1 Å². The molecule has 2 heterocycles. The molecule has 3 saturated carbocycles. The van der Waals surface area contributed by atoms with Crippen molar-refractivity contribution in [3.05, 3.63) is 23.3 Å². The minimum Gasteiger partial charge on any atom is -0.463 e. The summed E-state index contributed by atoms with van der Waals surface area (Å²) in [4.78, 5) is 35.5. The van der Waals surface area contributed by atoms with E-state index in [1.807, 2.05) is 6.08 Å². The van der Waals surface area contributed by atoms with Gasteiger partial charge in [-0.05, 0) is 92.8 Å². The Morgan fingerprint density at radius 1 is 0.806 bits per heavy atom. The lowest BCUT2D eigenvalue weighted by Crippen LogP contribution is -2.63. The third-order valence-corrected chi connectivity index (χ3v) is 16.3. The van der Waals surface area contributed by atoms with E-state index in [0.717, 1.165) is 37.7 Å². The Labute approximate surface area is 366 Å². The number of aliphatic hydroxyl groups is 5. The third-order valence-electron chi connectivity index (χ3n) is 16.3. The molecule has 15 nitrogen and oxygen atoms in total. The van der Waals surface area contributed by atoms with E-state index in [2.05, 4.69) is 61.5 Å². The van der Waals surface area contributed by atoms with E-state index in [1.54, 1.807) is 0 Å². The molecule has 0 amide bonds. The predicted molar refractivity (Wildman–Crippen MR) is 223 cm³/mol. The molecule has 0 radical (unpaired) electrons. The van der Waals surface area contributed by atoms with Crippen molar-refractivity contribution < 1.29 is 73.1 Å². The SMILES string of the molecule is CC(=O)OC[C@@H]1O[C@@H](O[C@@H]2C[C@]3(C)[C@H]4[C@@H](O)C=C5[C@H](CC[C@@H](O[C@@H]6OC[C@@H](OC(C)=O)[C@H](OC(C)=O)C6O)C5(C)C)[C@@]4(C)CC[C@@]3(C)[C@@H]2C(C)CCC=C(C)C)[C@@H](O)[C@@H](O)[C@@H]1O. The second kappa shape index (κ2) is 18.4. The van der Waals surface area contributed by atoms with E-state index in [0.29, 0.717) is 12.8 Å². The van der Waals surface area contributed by atoms with Gasteiger partial charge in [0.15, 0.2) is 24.8 Å². The number of esters is 3. The van der Waals surface area contributed by atoms with Gasteiger partial charge in [-0.15, -0.1) is 0 Å². The van der Waals surface area contributed by atoms with Gasteiger partial charge in [0, 0.05) is 32.1 Å². The Kier molecular flexibility index (Phi) is 14.6. The van der Waals surface area contributed by atoms with Crippen molar-refractivity contribution in [2.24, 2.45) is 45.3 Å². The first-order valence-electron chi connectivity index (χ1n) is 22.7. The Morgan fingerprint density at radius 2 is 1.48 bits per heavy atom. The number of carbonyl (C=O) groups is 3. The van der Waals surface area contributed by atoms with Gasteiger partial charge in [-0.25, -0.2) is 0 Å². The summed E-state index contributed by atoms with van der Waals surface area (Å²) >= 11 is 0. The molecule has 2 aliphatic heterocycles. The van der Waals surface area contributed by atoms with Gasteiger partial charge >= 0.3 is 17.9 Å². The number of ether oxygens (including phenoxy) is 7. The highest BCUT2D eigenvalue weighted by Gasteiger charge is 2.72. The normalized spacial score (nSPS) is 45.3. The smallest absolute Gasteiger partial charge is 0.303 e. The number of rotatable bonds is 12. The van der Waals surface area contributed by atoms with Gasteiger partial charge in [-0.1, -0.05) is 64.8 Å². The van der Waals surface area contributed by atoms with E-state index < -0.39 is 102 Å². The average Bonchev–Trinajstić information content (AvgIpc) is 3.39. The number of allylic oxidation sites excluding steroid dienone is 2. The molecular formula is C47H74O15. The molecule has 5 N–H and O–H groups in total. The van der Waals surface area contributed by atoms with Crippen LogP contribution in [0.3, 0.4) is 0 Å². The summed E-state index contributed by atoms with van der Waals surface area (Å²) in [5.41, 5.74) is 0.619.